The van der Waals surface area contributed by atoms with E-state index in [9.17, 15) is 27.2 Å². The summed E-state index contributed by atoms with van der Waals surface area (Å²) in [5.41, 5.74) is 2.47. The molecule has 3 aromatic rings. The van der Waals surface area contributed by atoms with Crippen LogP contribution < -0.4 is 10.9 Å². The van der Waals surface area contributed by atoms with Gasteiger partial charge >= 0.3 is 6.18 Å². The van der Waals surface area contributed by atoms with E-state index in [0.29, 0.717) is 16.7 Å². The quantitative estimate of drug-likeness (QED) is 0.282. The van der Waals surface area contributed by atoms with Gasteiger partial charge in [-0.1, -0.05) is 46.1 Å². The third kappa shape index (κ3) is 5.32. The Hall–Kier alpha value is -3.63. The van der Waals surface area contributed by atoms with Crippen LogP contribution in [0.1, 0.15) is 49.4 Å². The first kappa shape index (κ1) is 27.4. The Labute approximate surface area is 224 Å². The highest BCUT2D eigenvalue weighted by molar-refractivity contribution is 6.34. The Bertz CT molecular complexity index is 1460. The highest BCUT2D eigenvalue weighted by atomic mass is 35.5. The number of amides is 2. The lowest BCUT2D eigenvalue weighted by Crippen LogP contribution is -2.42. The van der Waals surface area contributed by atoms with Gasteiger partial charge < -0.3 is 4.84 Å². The molecule has 1 aliphatic heterocycles. The van der Waals surface area contributed by atoms with E-state index in [1.807, 2.05) is 0 Å². The number of oxime groups is 1. The number of halogens is 6. The van der Waals surface area contributed by atoms with Gasteiger partial charge in [-0.2, -0.15) is 13.2 Å². The van der Waals surface area contributed by atoms with Crippen LogP contribution in [0.3, 0.4) is 0 Å². The minimum atomic E-state index is -4.85. The van der Waals surface area contributed by atoms with Crippen LogP contribution in [-0.4, -0.2) is 23.7 Å². The van der Waals surface area contributed by atoms with Crippen LogP contribution in [0.2, 0.25) is 10.0 Å². The number of alkyl halides is 3. The molecular weight excluding hydrogens is 549 g/mol. The number of aryl methyl sites for hydroxylation is 2. The van der Waals surface area contributed by atoms with E-state index in [4.69, 9.17) is 28.0 Å². The predicted molar refractivity (Wildman–Crippen MR) is 134 cm³/mol. The SMILES string of the molecule is Cc1ccc(F)c(C(=O)NNC(=O)c2ccc(C3=NOC(c4cc(Cl)cc(Cl)c4)(C(F)(F)F)C3)cc2C)c1. The number of nitrogens with zero attached hydrogens (tertiary/aromatic N) is 1. The topological polar surface area (TPSA) is 79.8 Å². The summed E-state index contributed by atoms with van der Waals surface area (Å²) in [4.78, 5) is 29.9. The molecule has 0 spiro atoms. The average molecular weight is 568 g/mol. The fourth-order valence-corrected chi connectivity index (χ4v) is 4.53. The van der Waals surface area contributed by atoms with Crippen LogP contribution in [0.4, 0.5) is 17.6 Å². The molecule has 0 fully saturated rings. The predicted octanol–water partition coefficient (Wildman–Crippen LogP) is 6.41. The van der Waals surface area contributed by atoms with Crippen molar-refractivity contribution in [1.82, 2.24) is 10.9 Å². The van der Waals surface area contributed by atoms with Gasteiger partial charge in [0.05, 0.1) is 11.3 Å². The summed E-state index contributed by atoms with van der Waals surface area (Å²) < 4.78 is 56.6. The minimum Gasteiger partial charge on any atom is -0.374 e. The van der Waals surface area contributed by atoms with Gasteiger partial charge in [0.1, 0.15) is 5.82 Å². The molecule has 0 aromatic heterocycles. The van der Waals surface area contributed by atoms with Gasteiger partial charge in [0.2, 0.25) is 0 Å². The van der Waals surface area contributed by atoms with Crippen molar-refractivity contribution in [3.05, 3.63) is 104 Å². The highest BCUT2D eigenvalue weighted by Crippen LogP contribution is 2.49. The zero-order chi connectivity index (χ0) is 27.8. The molecule has 1 atom stereocenters. The number of nitrogens with one attached hydrogen (secondary N) is 2. The summed E-state index contributed by atoms with van der Waals surface area (Å²) in [6.07, 6.45) is -5.51. The van der Waals surface area contributed by atoms with Crippen LogP contribution >= 0.6 is 23.2 Å². The molecule has 1 aliphatic rings. The Kier molecular flexibility index (Phi) is 7.40. The molecule has 1 unspecified atom stereocenters. The number of hydrogen-bond acceptors (Lipinski definition) is 4. The Morgan fingerprint density at radius 2 is 1.55 bits per heavy atom. The van der Waals surface area contributed by atoms with Crippen molar-refractivity contribution in [3.8, 4) is 0 Å². The fraction of sp³-hybridized carbons (Fsp3) is 0.192. The fourth-order valence-electron chi connectivity index (χ4n) is 4.00. The Balaban J connectivity index is 1.51. The number of hydrazine groups is 1. The summed E-state index contributed by atoms with van der Waals surface area (Å²) in [7, 11) is 0. The lowest BCUT2D eigenvalue weighted by Gasteiger charge is -2.29. The first-order chi connectivity index (χ1) is 17.8. The molecule has 0 aliphatic carbocycles. The van der Waals surface area contributed by atoms with Gasteiger partial charge in [0, 0.05) is 27.6 Å². The summed E-state index contributed by atoms with van der Waals surface area (Å²) >= 11 is 11.9. The molecule has 1 heterocycles. The number of carbonyl (C=O) groups excluding carboxylic acids is 2. The second-order valence-corrected chi connectivity index (χ2v) is 9.58. The van der Waals surface area contributed by atoms with E-state index in [1.165, 1.54) is 36.4 Å². The van der Waals surface area contributed by atoms with E-state index < -0.39 is 35.8 Å². The number of benzene rings is 3. The molecule has 4 rings (SSSR count). The van der Waals surface area contributed by atoms with Crippen molar-refractivity contribution in [2.45, 2.75) is 32.0 Å². The van der Waals surface area contributed by atoms with Crippen molar-refractivity contribution in [1.29, 1.82) is 0 Å². The Morgan fingerprint density at radius 3 is 2.16 bits per heavy atom. The van der Waals surface area contributed by atoms with Gasteiger partial charge in [0.15, 0.2) is 0 Å². The molecule has 0 saturated heterocycles. The lowest BCUT2D eigenvalue weighted by atomic mass is 9.86. The van der Waals surface area contributed by atoms with E-state index in [-0.39, 0.29) is 32.4 Å². The van der Waals surface area contributed by atoms with E-state index in [2.05, 4.69) is 16.0 Å². The molecular formula is C26H19Cl2F4N3O3. The zero-order valence-electron chi connectivity index (χ0n) is 19.8. The van der Waals surface area contributed by atoms with Gasteiger partial charge in [0.25, 0.3) is 17.4 Å². The average Bonchev–Trinajstić information content (AvgIpc) is 3.30. The normalized spacial score (nSPS) is 17.0. The van der Waals surface area contributed by atoms with Crippen molar-refractivity contribution in [2.75, 3.05) is 0 Å². The van der Waals surface area contributed by atoms with Crippen LogP contribution in [0.25, 0.3) is 0 Å². The maximum atomic E-state index is 14.2. The maximum absolute atomic E-state index is 14.2. The molecule has 2 N–H and O–H groups in total. The molecule has 0 radical (unpaired) electrons. The Morgan fingerprint density at radius 1 is 0.921 bits per heavy atom. The van der Waals surface area contributed by atoms with Gasteiger partial charge in [-0.25, -0.2) is 4.39 Å². The van der Waals surface area contributed by atoms with Crippen molar-refractivity contribution < 1.29 is 32.0 Å². The smallest absolute Gasteiger partial charge is 0.374 e. The third-order valence-corrected chi connectivity index (χ3v) is 6.41. The summed E-state index contributed by atoms with van der Waals surface area (Å²) in [6.45, 7) is 3.24. The van der Waals surface area contributed by atoms with Crippen molar-refractivity contribution >= 4 is 40.7 Å². The van der Waals surface area contributed by atoms with Crippen molar-refractivity contribution in [2.24, 2.45) is 5.16 Å². The molecule has 198 valence electrons. The zero-order valence-corrected chi connectivity index (χ0v) is 21.4. The molecule has 0 bridgehead atoms. The highest BCUT2D eigenvalue weighted by Gasteiger charge is 2.62. The largest absolute Gasteiger partial charge is 0.435 e. The van der Waals surface area contributed by atoms with Crippen LogP contribution in [0.5, 0.6) is 0 Å². The first-order valence-electron chi connectivity index (χ1n) is 11.1. The molecule has 38 heavy (non-hydrogen) atoms. The molecule has 0 saturated carbocycles. The molecule has 2 amide bonds. The minimum absolute atomic E-state index is 0.00305. The second kappa shape index (κ2) is 10.3. The number of rotatable bonds is 4. The van der Waals surface area contributed by atoms with Crippen LogP contribution in [0, 0.1) is 19.7 Å². The lowest BCUT2D eigenvalue weighted by molar-refractivity contribution is -0.275. The van der Waals surface area contributed by atoms with Crippen molar-refractivity contribution in [3.63, 3.8) is 0 Å². The van der Waals surface area contributed by atoms with Crippen LogP contribution in [0.15, 0.2) is 59.8 Å². The van der Waals surface area contributed by atoms with E-state index in [0.717, 1.165) is 18.2 Å². The molecule has 3 aromatic carbocycles. The van der Waals surface area contributed by atoms with E-state index in [1.54, 1.807) is 13.8 Å². The summed E-state index contributed by atoms with van der Waals surface area (Å²) in [5, 5.41) is 3.72. The van der Waals surface area contributed by atoms with Gasteiger partial charge in [-0.05, 0) is 67.4 Å². The summed E-state index contributed by atoms with van der Waals surface area (Å²) in [6, 6.07) is 11.8. The standard InChI is InChI=1S/C26H19Cl2F4N3O3/c1-13-3-6-21(29)20(7-13)24(37)34-33-23(36)19-5-4-15(8-14(19)2)22-12-25(38-35-22,26(30,31)32)16-9-17(27)11-18(28)10-16/h3-11H,12H2,1-2H3,(H,33,36)(H,34,37). The monoisotopic (exact) mass is 567 g/mol. The van der Waals surface area contributed by atoms with Gasteiger partial charge in [-0.3, -0.25) is 20.4 Å². The second-order valence-electron chi connectivity index (χ2n) is 8.71. The number of carbonyl (C=O) groups is 2. The van der Waals surface area contributed by atoms with Gasteiger partial charge in [-0.15, -0.1) is 0 Å². The molecule has 12 heteroatoms. The molecule has 6 nitrogen and oxygen atoms in total. The van der Waals surface area contributed by atoms with Crippen LogP contribution in [-0.2, 0) is 10.4 Å². The van der Waals surface area contributed by atoms with E-state index >= 15 is 0 Å². The first-order valence-corrected chi connectivity index (χ1v) is 11.8. The third-order valence-electron chi connectivity index (χ3n) is 5.98. The maximum Gasteiger partial charge on any atom is 0.435 e. The summed E-state index contributed by atoms with van der Waals surface area (Å²) in [5.74, 6) is -2.31. The number of hydrogen-bond donors (Lipinski definition) is 2.